The monoisotopic (exact) mass is 184 g/mol. The summed E-state index contributed by atoms with van der Waals surface area (Å²) < 4.78 is 0. The minimum absolute atomic E-state index is 0.967. The molecule has 1 aromatic rings. The van der Waals surface area contributed by atoms with E-state index in [2.05, 4.69) is 35.6 Å². The van der Waals surface area contributed by atoms with Crippen molar-refractivity contribution in [2.24, 2.45) is 0 Å². The largest absolute Gasteiger partial charge is 0.364 e. The SMILES string of the molecule is CN(CCCS)Cc1ccc[nH]1. The lowest BCUT2D eigenvalue weighted by Crippen LogP contribution is -2.19. The Morgan fingerprint density at radius 3 is 3.00 bits per heavy atom. The van der Waals surface area contributed by atoms with Gasteiger partial charge in [-0.1, -0.05) is 0 Å². The molecule has 1 N–H and O–H groups in total. The first-order valence-corrected chi connectivity index (χ1v) is 4.88. The number of aromatic amines is 1. The smallest absolute Gasteiger partial charge is 0.0382 e. The van der Waals surface area contributed by atoms with Gasteiger partial charge >= 0.3 is 0 Å². The molecule has 0 fully saturated rings. The molecule has 3 heteroatoms. The Morgan fingerprint density at radius 2 is 2.42 bits per heavy atom. The standard InChI is InChI=1S/C9H16N2S/c1-11(6-3-7-12)8-9-4-2-5-10-9/h2,4-5,10,12H,3,6-8H2,1H3. The molecule has 0 aliphatic carbocycles. The van der Waals surface area contributed by atoms with Crippen molar-refractivity contribution >= 4 is 12.6 Å². The van der Waals surface area contributed by atoms with Gasteiger partial charge < -0.3 is 9.88 Å². The molecule has 0 radical (unpaired) electrons. The van der Waals surface area contributed by atoms with Crippen LogP contribution in [-0.4, -0.2) is 29.2 Å². The molecule has 1 rings (SSSR count). The summed E-state index contributed by atoms with van der Waals surface area (Å²) >= 11 is 4.17. The van der Waals surface area contributed by atoms with Gasteiger partial charge in [-0.25, -0.2) is 0 Å². The second-order valence-electron chi connectivity index (χ2n) is 3.01. The Morgan fingerprint density at radius 1 is 1.58 bits per heavy atom. The molecule has 0 aliphatic rings. The Bertz CT molecular complexity index is 196. The average molecular weight is 184 g/mol. The van der Waals surface area contributed by atoms with Crippen LogP contribution in [0.25, 0.3) is 0 Å². The third-order valence-corrected chi connectivity index (χ3v) is 2.12. The first-order valence-electron chi connectivity index (χ1n) is 4.24. The predicted octanol–water partition coefficient (Wildman–Crippen LogP) is 1.77. The van der Waals surface area contributed by atoms with Crippen molar-refractivity contribution in [1.29, 1.82) is 0 Å². The molecule has 68 valence electrons. The summed E-state index contributed by atoms with van der Waals surface area (Å²) in [6.07, 6.45) is 3.11. The van der Waals surface area contributed by atoms with Crippen LogP contribution in [0.2, 0.25) is 0 Å². The van der Waals surface area contributed by atoms with Gasteiger partial charge in [0.05, 0.1) is 0 Å². The topological polar surface area (TPSA) is 19.0 Å². The number of aromatic nitrogens is 1. The zero-order valence-electron chi connectivity index (χ0n) is 7.45. The average Bonchev–Trinajstić information content (AvgIpc) is 2.53. The number of nitrogens with zero attached hydrogens (tertiary/aromatic N) is 1. The lowest BCUT2D eigenvalue weighted by molar-refractivity contribution is 0.325. The minimum atomic E-state index is 0.967. The summed E-state index contributed by atoms with van der Waals surface area (Å²) in [6, 6.07) is 4.14. The Kier molecular flexibility index (Phi) is 4.25. The Labute approximate surface area is 79.4 Å². The highest BCUT2D eigenvalue weighted by Gasteiger charge is 1.98. The van der Waals surface area contributed by atoms with E-state index in [1.165, 1.54) is 5.69 Å². The molecule has 0 spiro atoms. The van der Waals surface area contributed by atoms with Crippen LogP contribution in [0.1, 0.15) is 12.1 Å². The van der Waals surface area contributed by atoms with Crippen LogP contribution in [0.3, 0.4) is 0 Å². The highest BCUT2D eigenvalue weighted by molar-refractivity contribution is 7.80. The summed E-state index contributed by atoms with van der Waals surface area (Å²) in [5.41, 5.74) is 1.27. The van der Waals surface area contributed by atoms with Gasteiger partial charge in [0.25, 0.3) is 0 Å². The summed E-state index contributed by atoms with van der Waals surface area (Å²) in [7, 11) is 2.13. The molecule has 0 saturated heterocycles. The fourth-order valence-electron chi connectivity index (χ4n) is 1.18. The van der Waals surface area contributed by atoms with Crippen LogP contribution in [0.15, 0.2) is 18.3 Å². The molecule has 1 heterocycles. The maximum atomic E-state index is 4.17. The van der Waals surface area contributed by atoms with Gasteiger partial charge in [0.2, 0.25) is 0 Å². The zero-order chi connectivity index (χ0) is 8.81. The van der Waals surface area contributed by atoms with Gasteiger partial charge in [-0.2, -0.15) is 12.6 Å². The molecule has 0 atom stereocenters. The van der Waals surface area contributed by atoms with E-state index < -0.39 is 0 Å². The molecule has 0 amide bonds. The first-order chi connectivity index (χ1) is 5.83. The molecule has 1 aromatic heterocycles. The molecular formula is C9H16N2S. The van der Waals surface area contributed by atoms with Gasteiger partial charge in [-0.15, -0.1) is 0 Å². The van der Waals surface area contributed by atoms with Crippen LogP contribution in [0.5, 0.6) is 0 Å². The van der Waals surface area contributed by atoms with Crippen LogP contribution < -0.4 is 0 Å². The first kappa shape index (κ1) is 9.68. The highest BCUT2D eigenvalue weighted by atomic mass is 32.1. The van der Waals surface area contributed by atoms with Gasteiger partial charge in [0.1, 0.15) is 0 Å². The van der Waals surface area contributed by atoms with E-state index >= 15 is 0 Å². The molecule has 0 saturated carbocycles. The van der Waals surface area contributed by atoms with E-state index in [4.69, 9.17) is 0 Å². The molecule has 2 nitrogen and oxygen atoms in total. The summed E-state index contributed by atoms with van der Waals surface area (Å²) in [4.78, 5) is 5.48. The molecule has 12 heavy (non-hydrogen) atoms. The number of nitrogens with one attached hydrogen (secondary N) is 1. The quantitative estimate of drug-likeness (QED) is 0.668. The normalized spacial score (nSPS) is 10.9. The highest BCUT2D eigenvalue weighted by Crippen LogP contribution is 2.00. The lowest BCUT2D eigenvalue weighted by Gasteiger charge is -2.14. The maximum Gasteiger partial charge on any atom is 0.0382 e. The Hall–Kier alpha value is -0.410. The van der Waals surface area contributed by atoms with Crippen LogP contribution >= 0.6 is 12.6 Å². The van der Waals surface area contributed by atoms with E-state index in [9.17, 15) is 0 Å². The Balaban J connectivity index is 2.22. The molecular weight excluding hydrogens is 168 g/mol. The van der Waals surface area contributed by atoms with E-state index in [0.717, 1.165) is 25.3 Å². The van der Waals surface area contributed by atoms with Crippen LogP contribution in [0.4, 0.5) is 0 Å². The zero-order valence-corrected chi connectivity index (χ0v) is 8.35. The van der Waals surface area contributed by atoms with Crippen molar-refractivity contribution in [3.63, 3.8) is 0 Å². The van der Waals surface area contributed by atoms with Crippen molar-refractivity contribution in [1.82, 2.24) is 9.88 Å². The van der Waals surface area contributed by atoms with Gasteiger partial charge in [-0.3, -0.25) is 0 Å². The van der Waals surface area contributed by atoms with Crippen molar-refractivity contribution < 1.29 is 0 Å². The number of thiol groups is 1. The van der Waals surface area contributed by atoms with Crippen LogP contribution in [0, 0.1) is 0 Å². The third kappa shape index (κ3) is 3.32. The molecule has 0 bridgehead atoms. The fourth-order valence-corrected chi connectivity index (χ4v) is 1.32. The predicted molar refractivity (Wildman–Crippen MR) is 55.6 cm³/mol. The van der Waals surface area contributed by atoms with E-state index in [1.54, 1.807) is 0 Å². The summed E-state index contributed by atoms with van der Waals surface area (Å²) in [5.74, 6) is 0.967. The number of hydrogen-bond acceptors (Lipinski definition) is 2. The molecule has 0 unspecified atom stereocenters. The van der Waals surface area contributed by atoms with Crippen molar-refractivity contribution in [3.05, 3.63) is 24.0 Å². The van der Waals surface area contributed by atoms with Crippen molar-refractivity contribution in [2.45, 2.75) is 13.0 Å². The lowest BCUT2D eigenvalue weighted by atomic mass is 10.3. The van der Waals surface area contributed by atoms with Crippen molar-refractivity contribution in [2.75, 3.05) is 19.3 Å². The fraction of sp³-hybridized carbons (Fsp3) is 0.556. The van der Waals surface area contributed by atoms with Gasteiger partial charge in [0, 0.05) is 18.4 Å². The number of hydrogen-bond donors (Lipinski definition) is 2. The van der Waals surface area contributed by atoms with Crippen LogP contribution in [-0.2, 0) is 6.54 Å². The second-order valence-corrected chi connectivity index (χ2v) is 3.46. The summed E-state index contributed by atoms with van der Waals surface area (Å²) in [5, 5.41) is 0. The number of rotatable bonds is 5. The van der Waals surface area contributed by atoms with Crippen molar-refractivity contribution in [3.8, 4) is 0 Å². The molecule has 0 aromatic carbocycles. The van der Waals surface area contributed by atoms with E-state index in [0.29, 0.717) is 0 Å². The van der Waals surface area contributed by atoms with E-state index in [1.807, 2.05) is 12.3 Å². The minimum Gasteiger partial charge on any atom is -0.364 e. The van der Waals surface area contributed by atoms with Gasteiger partial charge in [-0.05, 0) is 37.9 Å². The molecule has 0 aliphatic heterocycles. The number of H-pyrrole nitrogens is 1. The maximum absolute atomic E-state index is 4.17. The van der Waals surface area contributed by atoms with E-state index in [-0.39, 0.29) is 0 Å². The third-order valence-electron chi connectivity index (χ3n) is 1.80. The second kappa shape index (κ2) is 5.27. The summed E-state index contributed by atoms with van der Waals surface area (Å²) in [6.45, 7) is 2.11. The van der Waals surface area contributed by atoms with Gasteiger partial charge in [0.15, 0.2) is 0 Å².